The smallest absolute Gasteiger partial charge is 0.254 e. The van der Waals surface area contributed by atoms with Crippen LogP contribution in [0.4, 0.5) is 0 Å². The van der Waals surface area contributed by atoms with Crippen LogP contribution in [0.1, 0.15) is 54.6 Å². The molecule has 1 aromatic carbocycles. The summed E-state index contributed by atoms with van der Waals surface area (Å²) in [5.41, 5.74) is 3.46. The second kappa shape index (κ2) is 6.93. The van der Waals surface area contributed by atoms with E-state index in [4.69, 9.17) is 4.74 Å². The fourth-order valence-corrected chi connectivity index (χ4v) is 4.04. The highest BCUT2D eigenvalue weighted by Crippen LogP contribution is 2.35. The molecule has 0 spiro atoms. The molecule has 1 amide bonds. The van der Waals surface area contributed by atoms with Gasteiger partial charge < -0.3 is 9.64 Å². The first-order chi connectivity index (χ1) is 11.8. The largest absolute Gasteiger partial charge is 0.487 e. The number of hydrogen-bond acceptors (Lipinski definition) is 4. The van der Waals surface area contributed by atoms with Crippen LogP contribution in [0.2, 0.25) is 0 Å². The molecule has 2 saturated carbocycles. The molecule has 0 atom stereocenters. The van der Waals surface area contributed by atoms with Crippen LogP contribution in [0.3, 0.4) is 0 Å². The average Bonchev–Trinajstić information content (AvgIpc) is 3.08. The summed E-state index contributed by atoms with van der Waals surface area (Å²) in [5, 5.41) is 1.98. The predicted octanol–water partition coefficient (Wildman–Crippen LogP) is 4.27. The van der Waals surface area contributed by atoms with Crippen LogP contribution >= 0.6 is 11.3 Å². The van der Waals surface area contributed by atoms with E-state index in [0.29, 0.717) is 18.7 Å². The third-order valence-electron chi connectivity index (χ3n) is 4.84. The molecule has 4 rings (SSSR count). The van der Waals surface area contributed by atoms with Gasteiger partial charge in [-0.1, -0.05) is 18.9 Å². The van der Waals surface area contributed by atoms with E-state index >= 15 is 0 Å². The molecule has 0 N–H and O–H groups in total. The molecule has 0 bridgehead atoms. The van der Waals surface area contributed by atoms with Crippen LogP contribution in [0.15, 0.2) is 35.2 Å². The van der Waals surface area contributed by atoms with Gasteiger partial charge in [0.2, 0.25) is 0 Å². The Morgan fingerprint density at radius 2 is 2.00 bits per heavy atom. The first-order valence-corrected chi connectivity index (χ1v) is 9.68. The summed E-state index contributed by atoms with van der Waals surface area (Å²) < 4.78 is 5.80. The normalized spacial score (nSPS) is 17.8. The van der Waals surface area contributed by atoms with E-state index in [9.17, 15) is 4.79 Å². The molecule has 24 heavy (non-hydrogen) atoms. The summed E-state index contributed by atoms with van der Waals surface area (Å²) in [6.45, 7) is 0.441. The number of nitrogens with zero attached hydrogens (tertiary/aromatic N) is 2. The van der Waals surface area contributed by atoms with Crippen molar-refractivity contribution in [2.75, 3.05) is 0 Å². The maximum Gasteiger partial charge on any atom is 0.254 e. The molecule has 2 aliphatic rings. The van der Waals surface area contributed by atoms with Crippen molar-refractivity contribution in [2.45, 2.75) is 57.2 Å². The molecule has 2 aliphatic carbocycles. The SMILES string of the molecule is O=C(c1cccc(OCc2cscn2)c1)N(C1CCCC1)C1CC1. The predicted molar refractivity (Wildman–Crippen MR) is 94.3 cm³/mol. The molecule has 126 valence electrons. The van der Waals surface area contributed by atoms with E-state index in [-0.39, 0.29) is 5.91 Å². The molecule has 0 saturated heterocycles. The minimum atomic E-state index is 0.170. The molecular weight excluding hydrogens is 320 g/mol. The molecule has 0 radical (unpaired) electrons. The zero-order chi connectivity index (χ0) is 16.4. The Hall–Kier alpha value is -1.88. The van der Waals surface area contributed by atoms with E-state index in [1.165, 1.54) is 12.8 Å². The van der Waals surface area contributed by atoms with Crippen molar-refractivity contribution in [1.29, 1.82) is 0 Å². The molecule has 1 heterocycles. The number of benzene rings is 1. The van der Waals surface area contributed by atoms with Gasteiger partial charge in [-0.3, -0.25) is 4.79 Å². The van der Waals surface area contributed by atoms with Gasteiger partial charge in [0.25, 0.3) is 5.91 Å². The van der Waals surface area contributed by atoms with Crippen LogP contribution in [-0.2, 0) is 6.61 Å². The number of aromatic nitrogens is 1. The second-order valence-corrected chi connectivity index (χ2v) is 7.40. The molecule has 1 aromatic heterocycles. The summed E-state index contributed by atoms with van der Waals surface area (Å²) in [4.78, 5) is 19.4. The van der Waals surface area contributed by atoms with Gasteiger partial charge in [0, 0.05) is 23.0 Å². The van der Waals surface area contributed by atoms with E-state index in [0.717, 1.165) is 42.7 Å². The van der Waals surface area contributed by atoms with Crippen molar-refractivity contribution in [1.82, 2.24) is 9.88 Å². The number of thiazole rings is 1. The van der Waals surface area contributed by atoms with Crippen LogP contribution in [0.5, 0.6) is 5.75 Å². The van der Waals surface area contributed by atoms with E-state index in [2.05, 4.69) is 9.88 Å². The van der Waals surface area contributed by atoms with Gasteiger partial charge in [0.15, 0.2) is 0 Å². The standard InChI is InChI=1S/C19H22N2O2S/c22-19(21(17-8-9-17)16-5-1-2-6-16)14-4-3-7-18(10-14)23-11-15-12-24-13-20-15/h3-4,7,10,12-13,16-17H,1-2,5-6,8-9,11H2. The van der Waals surface area contributed by atoms with Crippen molar-refractivity contribution < 1.29 is 9.53 Å². The first-order valence-electron chi connectivity index (χ1n) is 8.74. The molecule has 2 aromatic rings. The highest BCUT2D eigenvalue weighted by Gasteiger charge is 2.38. The zero-order valence-electron chi connectivity index (χ0n) is 13.7. The fraction of sp³-hybridized carbons (Fsp3) is 0.474. The van der Waals surface area contributed by atoms with Crippen molar-refractivity contribution in [3.05, 3.63) is 46.4 Å². The van der Waals surface area contributed by atoms with E-state index in [1.807, 2.05) is 29.6 Å². The molecule has 4 nitrogen and oxygen atoms in total. The summed E-state index contributed by atoms with van der Waals surface area (Å²) in [6.07, 6.45) is 7.12. The van der Waals surface area contributed by atoms with Gasteiger partial charge in [-0.2, -0.15) is 0 Å². The quantitative estimate of drug-likeness (QED) is 0.787. The summed E-state index contributed by atoms with van der Waals surface area (Å²) in [6, 6.07) is 8.48. The Bertz CT molecular complexity index is 691. The van der Waals surface area contributed by atoms with Crippen LogP contribution in [0, 0.1) is 0 Å². The molecule has 0 aliphatic heterocycles. The Morgan fingerprint density at radius 3 is 2.71 bits per heavy atom. The van der Waals surface area contributed by atoms with Gasteiger partial charge >= 0.3 is 0 Å². The lowest BCUT2D eigenvalue weighted by molar-refractivity contribution is 0.0664. The van der Waals surface area contributed by atoms with Gasteiger partial charge in [-0.15, -0.1) is 11.3 Å². The lowest BCUT2D eigenvalue weighted by Gasteiger charge is -2.29. The molecule has 2 fully saturated rings. The minimum Gasteiger partial charge on any atom is -0.487 e. The number of carbonyl (C=O) groups excluding carboxylic acids is 1. The third-order valence-corrected chi connectivity index (χ3v) is 5.48. The van der Waals surface area contributed by atoms with Crippen molar-refractivity contribution >= 4 is 17.2 Å². The highest BCUT2D eigenvalue weighted by atomic mass is 32.1. The van der Waals surface area contributed by atoms with E-state index in [1.54, 1.807) is 16.8 Å². The highest BCUT2D eigenvalue weighted by molar-refractivity contribution is 7.07. The number of hydrogen-bond donors (Lipinski definition) is 0. The van der Waals surface area contributed by atoms with E-state index < -0.39 is 0 Å². The van der Waals surface area contributed by atoms with Crippen molar-refractivity contribution in [3.8, 4) is 5.75 Å². The Kier molecular flexibility index (Phi) is 4.52. The zero-order valence-corrected chi connectivity index (χ0v) is 14.5. The second-order valence-electron chi connectivity index (χ2n) is 6.68. The number of carbonyl (C=O) groups is 1. The van der Waals surface area contributed by atoms with Gasteiger partial charge in [-0.05, 0) is 43.9 Å². The fourth-order valence-electron chi connectivity index (χ4n) is 3.50. The Morgan fingerprint density at radius 1 is 1.21 bits per heavy atom. The summed E-state index contributed by atoms with van der Waals surface area (Å²) in [7, 11) is 0. The molecule has 0 unspecified atom stereocenters. The van der Waals surface area contributed by atoms with Crippen LogP contribution in [0.25, 0.3) is 0 Å². The first kappa shape index (κ1) is 15.6. The average molecular weight is 342 g/mol. The van der Waals surface area contributed by atoms with Gasteiger partial charge in [-0.25, -0.2) is 4.98 Å². The van der Waals surface area contributed by atoms with Gasteiger partial charge in [0.1, 0.15) is 12.4 Å². The summed E-state index contributed by atoms with van der Waals surface area (Å²) >= 11 is 1.56. The lowest BCUT2D eigenvalue weighted by atomic mass is 10.1. The monoisotopic (exact) mass is 342 g/mol. The summed E-state index contributed by atoms with van der Waals surface area (Å²) in [5.74, 6) is 0.902. The number of amides is 1. The Balaban J connectivity index is 1.48. The van der Waals surface area contributed by atoms with Crippen molar-refractivity contribution in [2.24, 2.45) is 0 Å². The van der Waals surface area contributed by atoms with Gasteiger partial charge in [0.05, 0.1) is 11.2 Å². The lowest BCUT2D eigenvalue weighted by Crippen LogP contribution is -2.40. The third kappa shape index (κ3) is 3.46. The van der Waals surface area contributed by atoms with Crippen LogP contribution in [-0.4, -0.2) is 27.9 Å². The number of ether oxygens (including phenoxy) is 1. The van der Waals surface area contributed by atoms with Crippen molar-refractivity contribution in [3.63, 3.8) is 0 Å². The van der Waals surface area contributed by atoms with Crippen LogP contribution < -0.4 is 4.74 Å². The topological polar surface area (TPSA) is 42.4 Å². The number of rotatable bonds is 6. The maximum absolute atomic E-state index is 13.1. The molecule has 5 heteroatoms. The minimum absolute atomic E-state index is 0.170. The Labute approximate surface area is 146 Å². The maximum atomic E-state index is 13.1. The molecular formula is C19H22N2O2S.